The van der Waals surface area contributed by atoms with Crippen LogP contribution in [0.15, 0.2) is 29.2 Å². The van der Waals surface area contributed by atoms with Gasteiger partial charge in [-0.1, -0.05) is 12.1 Å². The standard InChI is InChI=1S/C14H18N4O4S/c1-17(2)14(20)10-18(3)13(19)9-16-23(21,22)12-7-5-4-6-11(12)8-15/h4-7,16H,9-10H2,1-3H3. The Labute approximate surface area is 135 Å². The normalized spacial score (nSPS) is 10.7. The molecule has 0 unspecified atom stereocenters. The van der Waals surface area contributed by atoms with Crippen LogP contribution in [0.3, 0.4) is 0 Å². The van der Waals surface area contributed by atoms with Gasteiger partial charge in [0.05, 0.1) is 23.5 Å². The molecule has 0 bridgehead atoms. The lowest BCUT2D eigenvalue weighted by Crippen LogP contribution is -2.42. The number of nitrogens with zero attached hydrogens (tertiary/aromatic N) is 3. The van der Waals surface area contributed by atoms with E-state index in [1.54, 1.807) is 26.2 Å². The minimum absolute atomic E-state index is 0.0106. The molecule has 0 heterocycles. The number of benzene rings is 1. The monoisotopic (exact) mass is 338 g/mol. The molecule has 0 atom stereocenters. The highest BCUT2D eigenvalue weighted by Crippen LogP contribution is 2.13. The van der Waals surface area contributed by atoms with Crippen molar-refractivity contribution < 1.29 is 18.0 Å². The zero-order valence-electron chi connectivity index (χ0n) is 13.1. The number of hydrogen-bond acceptors (Lipinski definition) is 5. The van der Waals surface area contributed by atoms with Gasteiger partial charge in [-0.3, -0.25) is 9.59 Å². The predicted molar refractivity (Wildman–Crippen MR) is 82.7 cm³/mol. The third kappa shape index (κ3) is 5.05. The van der Waals surface area contributed by atoms with E-state index in [1.165, 1.54) is 30.1 Å². The number of amides is 2. The van der Waals surface area contributed by atoms with Gasteiger partial charge in [0.2, 0.25) is 21.8 Å². The zero-order valence-corrected chi connectivity index (χ0v) is 13.9. The van der Waals surface area contributed by atoms with Crippen molar-refractivity contribution in [3.63, 3.8) is 0 Å². The molecule has 0 saturated carbocycles. The molecule has 9 heteroatoms. The topological polar surface area (TPSA) is 111 Å². The van der Waals surface area contributed by atoms with Crippen LogP contribution in [0.1, 0.15) is 5.56 Å². The predicted octanol–water partition coefficient (Wildman–Crippen LogP) is -0.617. The summed E-state index contributed by atoms with van der Waals surface area (Å²) in [4.78, 5) is 25.7. The number of nitrogens with one attached hydrogen (secondary N) is 1. The van der Waals surface area contributed by atoms with Gasteiger partial charge in [-0.15, -0.1) is 0 Å². The molecule has 2 amide bonds. The average Bonchev–Trinajstić information content (AvgIpc) is 2.52. The summed E-state index contributed by atoms with van der Waals surface area (Å²) in [5.41, 5.74) is -0.0106. The van der Waals surface area contributed by atoms with Crippen LogP contribution in [0.25, 0.3) is 0 Å². The maximum atomic E-state index is 12.2. The summed E-state index contributed by atoms with van der Waals surface area (Å²) in [6.07, 6.45) is 0. The Hall–Kier alpha value is -2.44. The van der Waals surface area contributed by atoms with Gasteiger partial charge in [0.1, 0.15) is 6.07 Å². The van der Waals surface area contributed by atoms with Crippen molar-refractivity contribution >= 4 is 21.8 Å². The second-order valence-corrected chi connectivity index (χ2v) is 6.71. The number of hydrogen-bond donors (Lipinski definition) is 1. The summed E-state index contributed by atoms with van der Waals surface area (Å²) in [5.74, 6) is -0.836. The van der Waals surface area contributed by atoms with Gasteiger partial charge in [0.25, 0.3) is 0 Å². The molecule has 23 heavy (non-hydrogen) atoms. The van der Waals surface area contributed by atoms with Gasteiger partial charge in [-0.2, -0.15) is 5.26 Å². The van der Waals surface area contributed by atoms with E-state index < -0.39 is 22.5 Å². The molecule has 0 aliphatic carbocycles. The molecule has 0 radical (unpaired) electrons. The number of rotatable bonds is 6. The molecule has 0 aliphatic heterocycles. The fourth-order valence-electron chi connectivity index (χ4n) is 1.60. The van der Waals surface area contributed by atoms with E-state index in [4.69, 9.17) is 5.26 Å². The van der Waals surface area contributed by atoms with Crippen LogP contribution in [-0.2, 0) is 19.6 Å². The van der Waals surface area contributed by atoms with Crippen molar-refractivity contribution in [1.29, 1.82) is 5.26 Å². The molecule has 1 rings (SSSR count). The molecule has 0 fully saturated rings. The number of carbonyl (C=O) groups excluding carboxylic acids is 2. The Morgan fingerprint density at radius 2 is 1.78 bits per heavy atom. The lowest BCUT2D eigenvalue weighted by Gasteiger charge is -2.19. The molecule has 1 aromatic rings. The van der Waals surface area contributed by atoms with Gasteiger partial charge in [0, 0.05) is 21.1 Å². The van der Waals surface area contributed by atoms with E-state index in [9.17, 15) is 18.0 Å². The minimum atomic E-state index is -3.99. The number of sulfonamides is 1. The number of nitriles is 1. The molecule has 0 aromatic heterocycles. The Bertz CT molecular complexity index is 737. The van der Waals surface area contributed by atoms with Crippen molar-refractivity contribution in [3.05, 3.63) is 29.8 Å². The van der Waals surface area contributed by atoms with Crippen molar-refractivity contribution in [2.45, 2.75) is 4.90 Å². The largest absolute Gasteiger partial charge is 0.347 e. The van der Waals surface area contributed by atoms with Crippen LogP contribution in [0.5, 0.6) is 0 Å². The molecular weight excluding hydrogens is 320 g/mol. The Morgan fingerprint density at radius 1 is 1.17 bits per heavy atom. The highest BCUT2D eigenvalue weighted by atomic mass is 32.2. The summed E-state index contributed by atoms with van der Waals surface area (Å²) < 4.78 is 26.5. The molecule has 0 spiro atoms. The van der Waals surface area contributed by atoms with Crippen LogP contribution in [-0.4, -0.2) is 64.3 Å². The summed E-state index contributed by atoms with van der Waals surface area (Å²) in [6, 6.07) is 7.47. The summed E-state index contributed by atoms with van der Waals surface area (Å²) >= 11 is 0. The Kier molecular flexibility index (Phi) is 6.24. The maximum Gasteiger partial charge on any atom is 0.242 e. The summed E-state index contributed by atoms with van der Waals surface area (Å²) in [5, 5.41) is 8.94. The average molecular weight is 338 g/mol. The van der Waals surface area contributed by atoms with Gasteiger partial charge >= 0.3 is 0 Å². The lowest BCUT2D eigenvalue weighted by molar-refractivity contribution is -0.137. The lowest BCUT2D eigenvalue weighted by atomic mass is 10.2. The van der Waals surface area contributed by atoms with E-state index in [2.05, 4.69) is 4.72 Å². The van der Waals surface area contributed by atoms with E-state index in [0.29, 0.717) is 0 Å². The van der Waals surface area contributed by atoms with E-state index in [0.717, 1.165) is 4.90 Å². The van der Waals surface area contributed by atoms with Crippen molar-refractivity contribution in [1.82, 2.24) is 14.5 Å². The van der Waals surface area contributed by atoms with Crippen LogP contribution in [0, 0.1) is 11.3 Å². The van der Waals surface area contributed by atoms with Crippen LogP contribution < -0.4 is 4.72 Å². The molecule has 8 nitrogen and oxygen atoms in total. The molecular formula is C14H18N4O4S. The van der Waals surface area contributed by atoms with Gasteiger partial charge in [0.15, 0.2) is 0 Å². The minimum Gasteiger partial charge on any atom is -0.347 e. The van der Waals surface area contributed by atoms with Gasteiger partial charge in [-0.25, -0.2) is 13.1 Å². The highest BCUT2D eigenvalue weighted by molar-refractivity contribution is 7.89. The first kappa shape index (κ1) is 18.6. The van der Waals surface area contributed by atoms with Crippen molar-refractivity contribution in [3.8, 4) is 6.07 Å². The maximum absolute atomic E-state index is 12.2. The van der Waals surface area contributed by atoms with Crippen molar-refractivity contribution in [2.75, 3.05) is 34.2 Å². The van der Waals surface area contributed by atoms with Crippen LogP contribution in [0.4, 0.5) is 0 Å². The molecule has 124 valence electrons. The van der Waals surface area contributed by atoms with Crippen LogP contribution in [0.2, 0.25) is 0 Å². The first-order valence-corrected chi connectivity index (χ1v) is 8.10. The smallest absolute Gasteiger partial charge is 0.242 e. The first-order valence-electron chi connectivity index (χ1n) is 6.62. The van der Waals surface area contributed by atoms with Crippen molar-refractivity contribution in [2.24, 2.45) is 0 Å². The summed E-state index contributed by atoms with van der Waals surface area (Å²) in [6.45, 7) is -0.651. The van der Waals surface area contributed by atoms with Gasteiger partial charge in [-0.05, 0) is 12.1 Å². The van der Waals surface area contributed by atoms with Gasteiger partial charge < -0.3 is 9.80 Å². The third-order valence-electron chi connectivity index (χ3n) is 3.01. The second kappa shape index (κ2) is 7.71. The highest BCUT2D eigenvalue weighted by Gasteiger charge is 2.21. The van der Waals surface area contributed by atoms with E-state index in [1.807, 2.05) is 0 Å². The van der Waals surface area contributed by atoms with Crippen LogP contribution >= 0.6 is 0 Å². The molecule has 0 aliphatic rings. The molecule has 0 saturated heterocycles. The number of carbonyl (C=O) groups is 2. The fourth-order valence-corrected chi connectivity index (χ4v) is 2.73. The first-order chi connectivity index (χ1) is 10.7. The molecule has 1 N–H and O–H groups in total. The Balaban J connectivity index is 2.75. The molecule has 1 aromatic carbocycles. The van der Waals surface area contributed by atoms with E-state index in [-0.39, 0.29) is 22.9 Å². The fraction of sp³-hybridized carbons (Fsp3) is 0.357. The van der Waals surface area contributed by atoms with E-state index >= 15 is 0 Å². The Morgan fingerprint density at radius 3 is 2.35 bits per heavy atom. The summed E-state index contributed by atoms with van der Waals surface area (Å²) in [7, 11) is 0.528. The zero-order chi connectivity index (χ0) is 17.6. The quantitative estimate of drug-likeness (QED) is 0.743. The second-order valence-electron chi connectivity index (χ2n) is 4.97. The third-order valence-corrected chi connectivity index (χ3v) is 4.47. The number of likely N-dealkylation sites (N-methyl/N-ethyl adjacent to an activating group) is 2. The SMILES string of the molecule is CN(C)C(=O)CN(C)C(=O)CNS(=O)(=O)c1ccccc1C#N.